The van der Waals surface area contributed by atoms with Crippen molar-refractivity contribution in [2.45, 2.75) is 0 Å². The molecule has 1 aromatic rings. The summed E-state index contributed by atoms with van der Waals surface area (Å²) in [6.45, 7) is 1.44. The molecular weight excluding hydrogens is 182 g/mol. The Morgan fingerprint density at radius 3 is 2.79 bits per heavy atom. The minimum atomic E-state index is 0.550. The molecule has 14 heavy (non-hydrogen) atoms. The smallest absolute Gasteiger partial charge is 0.162 e. The van der Waals surface area contributed by atoms with Gasteiger partial charge in [0, 0.05) is 20.7 Å². The lowest BCUT2D eigenvalue weighted by Gasteiger charge is -2.16. The highest BCUT2D eigenvalue weighted by Crippen LogP contribution is 2.08. The SMILES string of the molecule is COCCN(C)c1ccc(NN)nn1. The number of hydrogen-bond donors (Lipinski definition) is 2. The van der Waals surface area contributed by atoms with Crippen LogP contribution in [0.5, 0.6) is 0 Å². The Morgan fingerprint density at radius 1 is 1.50 bits per heavy atom. The predicted molar refractivity (Wildman–Crippen MR) is 55.0 cm³/mol. The summed E-state index contributed by atoms with van der Waals surface area (Å²) in [5, 5.41) is 7.84. The van der Waals surface area contributed by atoms with E-state index < -0.39 is 0 Å². The van der Waals surface area contributed by atoms with E-state index in [9.17, 15) is 0 Å². The van der Waals surface area contributed by atoms with E-state index in [4.69, 9.17) is 10.6 Å². The maximum Gasteiger partial charge on any atom is 0.162 e. The van der Waals surface area contributed by atoms with Gasteiger partial charge in [-0.3, -0.25) is 0 Å². The van der Waals surface area contributed by atoms with Gasteiger partial charge in [-0.1, -0.05) is 0 Å². The molecule has 1 rings (SSSR count). The molecule has 6 heteroatoms. The molecule has 0 aliphatic rings. The lowest BCUT2D eigenvalue weighted by Crippen LogP contribution is -2.23. The molecule has 1 heterocycles. The van der Waals surface area contributed by atoms with Gasteiger partial charge < -0.3 is 15.1 Å². The van der Waals surface area contributed by atoms with Crippen molar-refractivity contribution in [2.75, 3.05) is 37.6 Å². The summed E-state index contributed by atoms with van der Waals surface area (Å²) in [5.74, 6) is 6.51. The van der Waals surface area contributed by atoms with Crippen LogP contribution in [-0.4, -0.2) is 37.5 Å². The monoisotopic (exact) mass is 197 g/mol. The van der Waals surface area contributed by atoms with Gasteiger partial charge in [-0.05, 0) is 12.1 Å². The third kappa shape index (κ3) is 2.82. The molecule has 0 bridgehead atoms. The predicted octanol–water partition coefficient (Wildman–Crippen LogP) is -0.155. The summed E-state index contributed by atoms with van der Waals surface area (Å²) >= 11 is 0. The summed E-state index contributed by atoms with van der Waals surface area (Å²) in [7, 11) is 3.60. The molecule has 0 unspecified atom stereocenters. The first kappa shape index (κ1) is 10.7. The standard InChI is InChI=1S/C8H15N5O/c1-13(5-6-14-2)8-4-3-7(10-9)11-12-8/h3-4H,5-6,9H2,1-2H3,(H,10,11). The number of hydrogen-bond acceptors (Lipinski definition) is 6. The van der Waals surface area contributed by atoms with Crippen LogP contribution in [0.25, 0.3) is 0 Å². The zero-order valence-electron chi connectivity index (χ0n) is 8.40. The largest absolute Gasteiger partial charge is 0.383 e. The lowest BCUT2D eigenvalue weighted by molar-refractivity contribution is 0.206. The van der Waals surface area contributed by atoms with Gasteiger partial charge >= 0.3 is 0 Å². The number of rotatable bonds is 5. The third-order valence-electron chi connectivity index (χ3n) is 1.82. The Labute approximate surface area is 83.0 Å². The van der Waals surface area contributed by atoms with Crippen LogP contribution in [0.15, 0.2) is 12.1 Å². The molecule has 0 saturated carbocycles. The van der Waals surface area contributed by atoms with E-state index in [1.165, 1.54) is 0 Å². The molecule has 78 valence electrons. The summed E-state index contributed by atoms with van der Waals surface area (Å²) in [6.07, 6.45) is 0. The molecule has 1 aromatic heterocycles. The van der Waals surface area contributed by atoms with Crippen LogP contribution in [0.4, 0.5) is 11.6 Å². The van der Waals surface area contributed by atoms with Crippen molar-refractivity contribution in [3.63, 3.8) is 0 Å². The van der Waals surface area contributed by atoms with Gasteiger partial charge in [0.2, 0.25) is 0 Å². The van der Waals surface area contributed by atoms with Crippen LogP contribution < -0.4 is 16.2 Å². The lowest BCUT2D eigenvalue weighted by atomic mass is 10.4. The van der Waals surface area contributed by atoms with Gasteiger partial charge in [0.25, 0.3) is 0 Å². The van der Waals surface area contributed by atoms with E-state index in [1.54, 1.807) is 13.2 Å². The minimum absolute atomic E-state index is 0.550. The van der Waals surface area contributed by atoms with E-state index in [2.05, 4.69) is 15.6 Å². The fourth-order valence-electron chi connectivity index (χ4n) is 0.949. The number of nitrogens with two attached hydrogens (primary N) is 1. The number of aromatic nitrogens is 2. The molecule has 0 atom stereocenters. The number of likely N-dealkylation sites (N-methyl/N-ethyl adjacent to an activating group) is 1. The minimum Gasteiger partial charge on any atom is -0.383 e. The fraction of sp³-hybridized carbons (Fsp3) is 0.500. The van der Waals surface area contributed by atoms with Crippen LogP contribution in [0, 0.1) is 0 Å². The molecule has 0 aliphatic carbocycles. The topological polar surface area (TPSA) is 76.3 Å². The molecule has 0 spiro atoms. The maximum absolute atomic E-state index is 5.17. The molecule has 0 radical (unpaired) electrons. The third-order valence-corrected chi connectivity index (χ3v) is 1.82. The van der Waals surface area contributed by atoms with E-state index in [-0.39, 0.29) is 0 Å². The van der Waals surface area contributed by atoms with E-state index in [1.807, 2.05) is 18.0 Å². The van der Waals surface area contributed by atoms with Gasteiger partial charge in [0.05, 0.1) is 6.61 Å². The summed E-state index contributed by atoms with van der Waals surface area (Å²) in [4.78, 5) is 1.96. The van der Waals surface area contributed by atoms with Gasteiger partial charge in [-0.25, -0.2) is 5.84 Å². The van der Waals surface area contributed by atoms with E-state index in [0.717, 1.165) is 12.4 Å². The van der Waals surface area contributed by atoms with Gasteiger partial charge in [-0.2, -0.15) is 0 Å². The first-order chi connectivity index (χ1) is 6.77. The van der Waals surface area contributed by atoms with E-state index in [0.29, 0.717) is 12.4 Å². The quantitative estimate of drug-likeness (QED) is 0.505. The molecular formula is C8H15N5O. The highest BCUT2D eigenvalue weighted by atomic mass is 16.5. The van der Waals surface area contributed by atoms with Crippen LogP contribution >= 0.6 is 0 Å². The molecule has 0 saturated heterocycles. The van der Waals surface area contributed by atoms with Crippen molar-refractivity contribution >= 4 is 11.6 Å². The van der Waals surface area contributed by atoms with Gasteiger partial charge in [0.15, 0.2) is 11.6 Å². The first-order valence-corrected chi connectivity index (χ1v) is 4.28. The molecule has 0 aromatic carbocycles. The second-order valence-electron chi connectivity index (χ2n) is 2.84. The number of ether oxygens (including phenoxy) is 1. The van der Waals surface area contributed by atoms with Crippen molar-refractivity contribution < 1.29 is 4.74 Å². The van der Waals surface area contributed by atoms with Crippen LogP contribution in [-0.2, 0) is 4.74 Å². The zero-order valence-corrected chi connectivity index (χ0v) is 8.40. The highest BCUT2D eigenvalue weighted by Gasteiger charge is 2.02. The number of nitrogens with zero attached hydrogens (tertiary/aromatic N) is 3. The number of hydrazine groups is 1. The van der Waals surface area contributed by atoms with Crippen molar-refractivity contribution in [2.24, 2.45) is 5.84 Å². The summed E-state index contributed by atoms with van der Waals surface area (Å²) in [5.41, 5.74) is 2.42. The second-order valence-corrected chi connectivity index (χ2v) is 2.84. The normalized spacial score (nSPS) is 9.93. The van der Waals surface area contributed by atoms with E-state index >= 15 is 0 Å². The van der Waals surface area contributed by atoms with Crippen molar-refractivity contribution in [1.82, 2.24) is 10.2 Å². The Balaban J connectivity index is 2.57. The average molecular weight is 197 g/mol. The average Bonchev–Trinajstić information content (AvgIpc) is 2.26. The Morgan fingerprint density at radius 2 is 2.29 bits per heavy atom. The number of anilines is 2. The Kier molecular flexibility index (Phi) is 4.09. The molecule has 0 fully saturated rings. The van der Waals surface area contributed by atoms with Crippen LogP contribution in [0.3, 0.4) is 0 Å². The number of methoxy groups -OCH3 is 1. The summed E-state index contributed by atoms with van der Waals surface area (Å²) < 4.78 is 4.96. The number of nitrogens with one attached hydrogen (secondary N) is 1. The van der Waals surface area contributed by atoms with Crippen LogP contribution in [0.2, 0.25) is 0 Å². The van der Waals surface area contributed by atoms with Crippen molar-refractivity contribution in [3.8, 4) is 0 Å². The molecule has 6 nitrogen and oxygen atoms in total. The Bertz CT molecular complexity index is 263. The first-order valence-electron chi connectivity index (χ1n) is 4.28. The van der Waals surface area contributed by atoms with Crippen molar-refractivity contribution in [3.05, 3.63) is 12.1 Å². The molecule has 3 N–H and O–H groups in total. The Hall–Kier alpha value is -1.40. The highest BCUT2D eigenvalue weighted by molar-refractivity contribution is 5.41. The van der Waals surface area contributed by atoms with Gasteiger partial charge in [0.1, 0.15) is 0 Å². The molecule has 0 amide bonds. The molecule has 0 aliphatic heterocycles. The number of nitrogen functional groups attached to an aromatic ring is 1. The summed E-state index contributed by atoms with van der Waals surface area (Å²) in [6, 6.07) is 3.61. The van der Waals surface area contributed by atoms with Crippen LogP contribution in [0.1, 0.15) is 0 Å². The fourth-order valence-corrected chi connectivity index (χ4v) is 0.949. The van der Waals surface area contributed by atoms with Crippen molar-refractivity contribution in [1.29, 1.82) is 0 Å². The van der Waals surface area contributed by atoms with Gasteiger partial charge in [-0.15, -0.1) is 10.2 Å². The maximum atomic E-state index is 5.17. The zero-order chi connectivity index (χ0) is 10.4. The second kappa shape index (κ2) is 5.36.